The molecule has 0 saturated carbocycles. The van der Waals surface area contributed by atoms with E-state index < -0.39 is 12.1 Å². The monoisotopic (exact) mass is 483 g/mol. The molecule has 0 aliphatic carbocycles. The predicted molar refractivity (Wildman–Crippen MR) is 133 cm³/mol. The summed E-state index contributed by atoms with van der Waals surface area (Å²) in [5.74, 6) is 0.932. The standard InChI is InChI=1S/C24H33N7O4/c1-2-29(24(33)34)15-19-28-20-21(17-7-3-4-8-18(17)27-22(20)25)31(19)12-6-5-11-30(23(26)32)16-9-13-35-14-10-16/h3-4,7-8,16H,2,5-6,9-15H2,1H3,(H2,25,27)(H2,26,32)(H,33,34). The zero-order chi connectivity index (χ0) is 24.9. The number of nitrogens with zero attached hydrogens (tertiary/aromatic N) is 5. The van der Waals surface area contributed by atoms with Gasteiger partial charge in [-0.3, -0.25) is 0 Å². The minimum atomic E-state index is -1.00. The Morgan fingerprint density at radius 2 is 1.94 bits per heavy atom. The zero-order valence-corrected chi connectivity index (χ0v) is 20.0. The fourth-order valence-corrected chi connectivity index (χ4v) is 4.77. The third-order valence-corrected chi connectivity index (χ3v) is 6.62. The summed E-state index contributed by atoms with van der Waals surface area (Å²) in [5, 5.41) is 10.5. The van der Waals surface area contributed by atoms with Gasteiger partial charge in [0.2, 0.25) is 0 Å². The molecule has 3 amide bonds. The Morgan fingerprint density at radius 1 is 1.20 bits per heavy atom. The molecular formula is C24H33N7O4. The average Bonchev–Trinajstić information content (AvgIpc) is 3.21. The third kappa shape index (κ3) is 5.24. The molecule has 1 saturated heterocycles. The molecule has 4 rings (SSSR count). The van der Waals surface area contributed by atoms with E-state index in [0.29, 0.717) is 50.0 Å². The van der Waals surface area contributed by atoms with Crippen LogP contribution in [0.3, 0.4) is 0 Å². The van der Waals surface area contributed by atoms with Gasteiger partial charge in [-0.1, -0.05) is 18.2 Å². The zero-order valence-electron chi connectivity index (χ0n) is 20.0. The van der Waals surface area contributed by atoms with Crippen molar-refractivity contribution in [2.45, 2.75) is 51.7 Å². The highest BCUT2D eigenvalue weighted by Gasteiger charge is 2.24. The third-order valence-electron chi connectivity index (χ3n) is 6.62. The summed E-state index contributed by atoms with van der Waals surface area (Å²) in [7, 11) is 0. The molecule has 1 aliphatic heterocycles. The van der Waals surface area contributed by atoms with Crippen molar-refractivity contribution in [2.75, 3.05) is 32.0 Å². The quantitative estimate of drug-likeness (QED) is 0.395. The molecule has 1 fully saturated rings. The summed E-state index contributed by atoms with van der Waals surface area (Å²) in [5.41, 5.74) is 14.1. The number of anilines is 1. The maximum Gasteiger partial charge on any atom is 0.407 e. The van der Waals surface area contributed by atoms with Crippen molar-refractivity contribution < 1.29 is 19.4 Å². The number of urea groups is 1. The molecule has 11 heteroatoms. The highest BCUT2D eigenvalue weighted by Crippen LogP contribution is 2.29. The summed E-state index contributed by atoms with van der Waals surface area (Å²) in [6, 6.07) is 7.41. The number of rotatable bonds is 9. The van der Waals surface area contributed by atoms with Gasteiger partial charge in [-0.25, -0.2) is 19.6 Å². The first-order valence-electron chi connectivity index (χ1n) is 12.1. The van der Waals surface area contributed by atoms with E-state index >= 15 is 0 Å². The van der Waals surface area contributed by atoms with Crippen molar-refractivity contribution in [1.29, 1.82) is 0 Å². The van der Waals surface area contributed by atoms with Crippen LogP contribution in [0.15, 0.2) is 24.3 Å². The number of aromatic nitrogens is 3. The van der Waals surface area contributed by atoms with E-state index in [-0.39, 0.29) is 12.6 Å². The molecule has 3 heterocycles. The molecule has 3 aromatic rings. The summed E-state index contributed by atoms with van der Waals surface area (Å²) in [6.45, 7) is 4.70. The predicted octanol–water partition coefficient (Wildman–Crippen LogP) is 3.01. The topological polar surface area (TPSA) is 153 Å². The molecule has 5 N–H and O–H groups in total. The van der Waals surface area contributed by atoms with Gasteiger partial charge >= 0.3 is 12.1 Å². The fourth-order valence-electron chi connectivity index (χ4n) is 4.77. The van der Waals surface area contributed by atoms with Crippen LogP contribution in [0.4, 0.5) is 15.4 Å². The lowest BCUT2D eigenvalue weighted by atomic mass is 10.1. The van der Waals surface area contributed by atoms with Gasteiger partial charge < -0.3 is 35.7 Å². The number of hydrogen-bond acceptors (Lipinski definition) is 6. The van der Waals surface area contributed by atoms with Gasteiger partial charge in [0.15, 0.2) is 5.82 Å². The first-order chi connectivity index (χ1) is 16.9. The first-order valence-corrected chi connectivity index (χ1v) is 12.1. The van der Waals surface area contributed by atoms with E-state index in [9.17, 15) is 14.7 Å². The van der Waals surface area contributed by atoms with Gasteiger partial charge in [-0.2, -0.15) is 0 Å². The second-order valence-corrected chi connectivity index (χ2v) is 8.77. The first kappa shape index (κ1) is 24.5. The van der Waals surface area contributed by atoms with Crippen LogP contribution in [0, 0.1) is 0 Å². The van der Waals surface area contributed by atoms with Gasteiger partial charge in [-0.15, -0.1) is 0 Å². The number of primary amides is 1. The number of carboxylic acid groups (broad SMARTS) is 1. The van der Waals surface area contributed by atoms with Crippen LogP contribution in [-0.4, -0.2) is 73.9 Å². The van der Waals surface area contributed by atoms with Crippen LogP contribution in [-0.2, 0) is 17.8 Å². The van der Waals surface area contributed by atoms with Gasteiger partial charge in [-0.05, 0) is 38.7 Å². The Labute approximate surface area is 203 Å². The van der Waals surface area contributed by atoms with Gasteiger partial charge in [0.05, 0.1) is 17.6 Å². The number of fused-ring (bicyclic) bond motifs is 3. The van der Waals surface area contributed by atoms with Gasteiger partial charge in [0, 0.05) is 44.3 Å². The number of amides is 3. The second-order valence-electron chi connectivity index (χ2n) is 8.77. The summed E-state index contributed by atoms with van der Waals surface area (Å²) < 4.78 is 7.46. The lowest BCUT2D eigenvalue weighted by Gasteiger charge is -2.33. The number of nitrogen functional groups attached to an aromatic ring is 1. The Balaban J connectivity index is 1.61. The van der Waals surface area contributed by atoms with Crippen molar-refractivity contribution in [3.05, 3.63) is 30.1 Å². The lowest BCUT2D eigenvalue weighted by Crippen LogP contribution is -2.46. The number of aryl methyl sites for hydroxylation is 1. The Kier molecular flexibility index (Phi) is 7.54. The lowest BCUT2D eigenvalue weighted by molar-refractivity contribution is 0.0468. The maximum atomic E-state index is 12.1. The molecule has 0 atom stereocenters. The van der Waals surface area contributed by atoms with E-state index in [1.54, 1.807) is 11.8 Å². The van der Waals surface area contributed by atoms with Crippen molar-refractivity contribution in [3.63, 3.8) is 0 Å². The second kappa shape index (κ2) is 10.8. The van der Waals surface area contributed by atoms with E-state index in [0.717, 1.165) is 42.1 Å². The van der Waals surface area contributed by atoms with Gasteiger partial charge in [0.1, 0.15) is 11.3 Å². The Hall–Kier alpha value is -3.60. The van der Waals surface area contributed by atoms with Crippen LogP contribution in [0.2, 0.25) is 0 Å². The number of para-hydroxylation sites is 1. The number of benzene rings is 1. The molecule has 0 radical (unpaired) electrons. The van der Waals surface area contributed by atoms with Crippen LogP contribution < -0.4 is 11.5 Å². The van der Waals surface area contributed by atoms with Gasteiger partial charge in [0.25, 0.3) is 0 Å². The van der Waals surface area contributed by atoms with Crippen molar-refractivity contribution >= 4 is 39.9 Å². The van der Waals surface area contributed by atoms with Crippen molar-refractivity contribution in [1.82, 2.24) is 24.3 Å². The molecule has 0 bridgehead atoms. The summed E-state index contributed by atoms with van der Waals surface area (Å²) in [4.78, 5) is 36.0. The van der Waals surface area contributed by atoms with Crippen LogP contribution in [0.5, 0.6) is 0 Å². The molecular weight excluding hydrogens is 450 g/mol. The SMILES string of the molecule is CCN(Cc1nc2c(N)nc3ccccc3c2n1CCCCN(C(N)=O)C1CCOCC1)C(=O)O. The molecule has 1 aliphatic rings. The summed E-state index contributed by atoms with van der Waals surface area (Å²) >= 11 is 0. The number of nitrogens with two attached hydrogens (primary N) is 2. The molecule has 0 unspecified atom stereocenters. The number of imidazole rings is 1. The number of unbranched alkanes of at least 4 members (excludes halogenated alkanes) is 1. The maximum absolute atomic E-state index is 12.1. The number of hydrogen-bond donors (Lipinski definition) is 3. The highest BCUT2D eigenvalue weighted by molar-refractivity contribution is 6.06. The van der Waals surface area contributed by atoms with E-state index in [4.69, 9.17) is 21.2 Å². The van der Waals surface area contributed by atoms with Crippen molar-refractivity contribution in [3.8, 4) is 0 Å². The molecule has 188 valence electrons. The van der Waals surface area contributed by atoms with Crippen LogP contribution >= 0.6 is 0 Å². The minimum Gasteiger partial charge on any atom is -0.465 e. The molecule has 11 nitrogen and oxygen atoms in total. The molecule has 0 spiro atoms. The number of ether oxygens (including phenoxy) is 1. The summed E-state index contributed by atoms with van der Waals surface area (Å²) in [6.07, 6.45) is 2.07. The molecule has 35 heavy (non-hydrogen) atoms. The average molecular weight is 484 g/mol. The minimum absolute atomic E-state index is 0.106. The normalized spacial score (nSPS) is 14.4. The van der Waals surface area contributed by atoms with E-state index in [1.807, 2.05) is 28.8 Å². The Bertz CT molecular complexity index is 1210. The largest absolute Gasteiger partial charge is 0.465 e. The Morgan fingerprint density at radius 3 is 2.63 bits per heavy atom. The van der Waals surface area contributed by atoms with Crippen molar-refractivity contribution in [2.24, 2.45) is 5.73 Å². The molecule has 1 aromatic carbocycles. The van der Waals surface area contributed by atoms with E-state index in [1.165, 1.54) is 4.90 Å². The molecule has 2 aromatic heterocycles. The fraction of sp³-hybridized carbons (Fsp3) is 0.500. The number of pyridine rings is 1. The van der Waals surface area contributed by atoms with Crippen LogP contribution in [0.25, 0.3) is 21.9 Å². The number of carbonyl (C=O) groups is 2. The smallest absolute Gasteiger partial charge is 0.407 e. The van der Waals surface area contributed by atoms with E-state index in [2.05, 4.69) is 4.98 Å². The van der Waals surface area contributed by atoms with Crippen LogP contribution in [0.1, 0.15) is 38.4 Å². The number of carbonyl (C=O) groups excluding carboxylic acids is 1. The highest BCUT2D eigenvalue weighted by atomic mass is 16.5.